The van der Waals surface area contributed by atoms with Gasteiger partial charge in [0.15, 0.2) is 0 Å². The normalized spacial score (nSPS) is 23.7. The fraction of sp³-hybridized carbons (Fsp3) is 0.619. The number of hydrogen-bond donors (Lipinski definition) is 1. The summed E-state index contributed by atoms with van der Waals surface area (Å²) in [4.78, 5) is 29.6. The van der Waals surface area contributed by atoms with Crippen molar-refractivity contribution in [1.29, 1.82) is 0 Å². The first kappa shape index (κ1) is 23.0. The molecule has 32 heavy (non-hydrogen) atoms. The molecule has 0 spiro atoms. The van der Waals surface area contributed by atoms with E-state index in [2.05, 4.69) is 5.32 Å². The Balaban J connectivity index is 1.60. The number of carbonyl (C=O) groups excluding carboxylic acids is 2. The summed E-state index contributed by atoms with van der Waals surface area (Å²) in [5, 5.41) is 2.81. The zero-order valence-corrected chi connectivity index (χ0v) is 19.3. The molecule has 1 N–H and O–H groups in total. The van der Waals surface area contributed by atoms with Crippen molar-refractivity contribution < 1.29 is 27.5 Å². The number of ether oxygens (including phenoxy) is 2. The Hall–Kier alpha value is -2.21. The minimum atomic E-state index is -3.69. The third-order valence-corrected chi connectivity index (χ3v) is 7.90. The van der Waals surface area contributed by atoms with Gasteiger partial charge < -0.3 is 19.7 Å². The van der Waals surface area contributed by atoms with E-state index in [-0.39, 0.29) is 35.4 Å². The fourth-order valence-corrected chi connectivity index (χ4v) is 5.28. The molecule has 0 aliphatic carbocycles. The SMILES string of the molecule is CN(C)S(=O)(=O)c1ccc2c(c1)N(CC(=O)NC[C@H]1COCCO1)C(=O)[C@H]1CCCCN21. The van der Waals surface area contributed by atoms with E-state index in [9.17, 15) is 18.0 Å². The van der Waals surface area contributed by atoms with E-state index in [0.717, 1.165) is 29.4 Å². The maximum absolute atomic E-state index is 13.4. The lowest BCUT2D eigenvalue weighted by Gasteiger charge is -2.45. The predicted octanol–water partition coefficient (Wildman–Crippen LogP) is 0.174. The smallest absolute Gasteiger partial charge is 0.250 e. The summed E-state index contributed by atoms with van der Waals surface area (Å²) in [6.07, 6.45) is 2.39. The van der Waals surface area contributed by atoms with Crippen LogP contribution in [-0.4, -0.2) is 90.2 Å². The predicted molar refractivity (Wildman–Crippen MR) is 118 cm³/mol. The van der Waals surface area contributed by atoms with Crippen LogP contribution in [-0.2, 0) is 29.1 Å². The summed E-state index contributed by atoms with van der Waals surface area (Å²) in [6, 6.07) is 4.47. The molecule has 2 amide bonds. The first-order chi connectivity index (χ1) is 15.3. The van der Waals surface area contributed by atoms with Crippen molar-refractivity contribution in [2.75, 3.05) is 63.4 Å². The zero-order chi connectivity index (χ0) is 22.9. The molecule has 0 saturated carbocycles. The number of nitrogens with one attached hydrogen (secondary N) is 1. The van der Waals surface area contributed by atoms with Crippen molar-refractivity contribution in [3.63, 3.8) is 0 Å². The summed E-state index contributed by atoms with van der Waals surface area (Å²) in [7, 11) is -0.766. The van der Waals surface area contributed by atoms with Gasteiger partial charge in [0.25, 0.3) is 0 Å². The van der Waals surface area contributed by atoms with E-state index in [1.807, 2.05) is 4.90 Å². The lowest BCUT2D eigenvalue weighted by atomic mass is 9.96. The Bertz CT molecular complexity index is 977. The number of anilines is 2. The number of fused-ring (bicyclic) bond motifs is 3. The molecule has 1 aromatic carbocycles. The van der Waals surface area contributed by atoms with Crippen LogP contribution in [0.4, 0.5) is 11.4 Å². The number of piperidine rings is 1. The maximum Gasteiger partial charge on any atom is 0.250 e. The highest BCUT2D eigenvalue weighted by Crippen LogP contribution is 2.40. The molecule has 3 aliphatic rings. The van der Waals surface area contributed by atoms with Gasteiger partial charge >= 0.3 is 0 Å². The molecule has 3 heterocycles. The Morgan fingerprint density at radius 2 is 2.03 bits per heavy atom. The molecule has 2 atom stereocenters. The van der Waals surface area contributed by atoms with Crippen molar-refractivity contribution >= 4 is 33.2 Å². The van der Waals surface area contributed by atoms with E-state index in [4.69, 9.17) is 9.47 Å². The van der Waals surface area contributed by atoms with Gasteiger partial charge in [0.05, 0.1) is 42.2 Å². The number of hydrogen-bond acceptors (Lipinski definition) is 7. The van der Waals surface area contributed by atoms with Crippen LogP contribution in [0.1, 0.15) is 19.3 Å². The molecular weight excluding hydrogens is 436 g/mol. The van der Waals surface area contributed by atoms with E-state index >= 15 is 0 Å². The molecule has 0 unspecified atom stereocenters. The third kappa shape index (κ3) is 4.47. The van der Waals surface area contributed by atoms with Crippen LogP contribution >= 0.6 is 0 Å². The van der Waals surface area contributed by atoms with Gasteiger partial charge in [-0.15, -0.1) is 0 Å². The standard InChI is InChI=1S/C21H30N4O6S/c1-23(2)32(28,29)16-6-7-17-19(11-16)25(21(27)18-5-3-4-8-24(17)18)13-20(26)22-12-15-14-30-9-10-31-15/h6-7,11,15,18H,3-5,8-10,12-14H2,1-2H3,(H,22,26)/t15-,18+/m0/s1. The fourth-order valence-electron chi connectivity index (χ4n) is 4.35. The van der Waals surface area contributed by atoms with Crippen molar-refractivity contribution in [2.24, 2.45) is 0 Å². The highest BCUT2D eigenvalue weighted by atomic mass is 32.2. The second-order valence-electron chi connectivity index (χ2n) is 8.44. The van der Waals surface area contributed by atoms with Gasteiger partial charge in [0.1, 0.15) is 12.6 Å². The highest BCUT2D eigenvalue weighted by Gasteiger charge is 2.40. The molecule has 0 radical (unpaired) electrons. The van der Waals surface area contributed by atoms with Crippen molar-refractivity contribution in [2.45, 2.75) is 36.3 Å². The molecule has 0 aromatic heterocycles. The van der Waals surface area contributed by atoms with Crippen LogP contribution in [0.25, 0.3) is 0 Å². The average Bonchev–Trinajstić information content (AvgIpc) is 2.80. The van der Waals surface area contributed by atoms with Gasteiger partial charge in [0, 0.05) is 27.2 Å². The minimum Gasteiger partial charge on any atom is -0.376 e. The average molecular weight is 467 g/mol. The summed E-state index contributed by atoms with van der Waals surface area (Å²) in [6.45, 7) is 2.27. The summed E-state index contributed by atoms with van der Waals surface area (Å²) in [5.74, 6) is -0.507. The second-order valence-corrected chi connectivity index (χ2v) is 10.6. The molecule has 3 aliphatic heterocycles. The number of rotatable bonds is 6. The van der Waals surface area contributed by atoms with E-state index in [0.29, 0.717) is 38.5 Å². The van der Waals surface area contributed by atoms with Gasteiger partial charge in [-0.25, -0.2) is 12.7 Å². The third-order valence-electron chi connectivity index (χ3n) is 6.09. The molecule has 1 aromatic rings. The molecule has 176 valence electrons. The first-order valence-corrected chi connectivity index (χ1v) is 12.3. The van der Waals surface area contributed by atoms with Gasteiger partial charge in [-0.05, 0) is 37.5 Å². The Morgan fingerprint density at radius 3 is 2.75 bits per heavy atom. The summed E-state index contributed by atoms with van der Waals surface area (Å²) >= 11 is 0. The molecule has 2 saturated heterocycles. The Morgan fingerprint density at radius 1 is 1.22 bits per heavy atom. The minimum absolute atomic E-state index is 0.0858. The van der Waals surface area contributed by atoms with Crippen molar-refractivity contribution in [3.8, 4) is 0 Å². The first-order valence-electron chi connectivity index (χ1n) is 10.9. The summed E-state index contributed by atoms with van der Waals surface area (Å²) < 4.78 is 37.4. The molecule has 11 heteroatoms. The Kier molecular flexibility index (Phi) is 6.70. The topological polar surface area (TPSA) is 108 Å². The molecule has 4 rings (SSSR count). The van der Waals surface area contributed by atoms with Crippen LogP contribution in [0.2, 0.25) is 0 Å². The maximum atomic E-state index is 13.4. The Labute approximate surface area is 188 Å². The van der Waals surface area contributed by atoms with Crippen LogP contribution in [0.5, 0.6) is 0 Å². The lowest BCUT2D eigenvalue weighted by Crippen LogP contribution is -2.57. The van der Waals surface area contributed by atoms with Crippen molar-refractivity contribution in [3.05, 3.63) is 18.2 Å². The zero-order valence-electron chi connectivity index (χ0n) is 18.5. The number of benzene rings is 1. The van der Waals surface area contributed by atoms with Crippen LogP contribution < -0.4 is 15.1 Å². The molecular formula is C21H30N4O6S. The van der Waals surface area contributed by atoms with Gasteiger partial charge in [-0.2, -0.15) is 0 Å². The van der Waals surface area contributed by atoms with Crippen LogP contribution in [0.3, 0.4) is 0 Å². The molecule has 2 fully saturated rings. The molecule has 10 nitrogen and oxygen atoms in total. The van der Waals surface area contributed by atoms with E-state index in [1.54, 1.807) is 12.1 Å². The van der Waals surface area contributed by atoms with Crippen LogP contribution in [0.15, 0.2) is 23.1 Å². The van der Waals surface area contributed by atoms with E-state index in [1.165, 1.54) is 25.1 Å². The van der Waals surface area contributed by atoms with E-state index < -0.39 is 10.0 Å². The van der Waals surface area contributed by atoms with Crippen molar-refractivity contribution in [1.82, 2.24) is 9.62 Å². The quantitative estimate of drug-likeness (QED) is 0.637. The number of nitrogens with zero attached hydrogens (tertiary/aromatic N) is 3. The lowest BCUT2D eigenvalue weighted by molar-refractivity contribution is -0.126. The number of sulfonamides is 1. The number of amides is 2. The van der Waals surface area contributed by atoms with Gasteiger partial charge in [-0.3, -0.25) is 14.5 Å². The summed E-state index contributed by atoms with van der Waals surface area (Å²) in [5.41, 5.74) is 1.23. The van der Waals surface area contributed by atoms with Gasteiger partial charge in [0.2, 0.25) is 21.8 Å². The van der Waals surface area contributed by atoms with Gasteiger partial charge in [-0.1, -0.05) is 0 Å². The largest absolute Gasteiger partial charge is 0.376 e. The highest BCUT2D eigenvalue weighted by molar-refractivity contribution is 7.89. The number of carbonyl (C=O) groups is 2. The molecule has 0 bridgehead atoms. The van der Waals surface area contributed by atoms with Crippen LogP contribution in [0, 0.1) is 0 Å². The monoisotopic (exact) mass is 466 g/mol. The second kappa shape index (κ2) is 9.34.